The minimum absolute atomic E-state index is 0. The Morgan fingerprint density at radius 2 is 2.26 bits per heavy atom. The fourth-order valence-corrected chi connectivity index (χ4v) is 2.50. The molecule has 1 aromatic rings. The fraction of sp³-hybridized carbons (Fsp3) is 0.667. The average molecular weight is 344 g/mol. The van der Waals surface area contributed by atoms with Gasteiger partial charge < -0.3 is 16.0 Å². The number of piperidine rings is 1. The molecule has 1 aromatic heterocycles. The van der Waals surface area contributed by atoms with Crippen LogP contribution in [0, 0.1) is 0 Å². The van der Waals surface area contributed by atoms with E-state index in [9.17, 15) is 9.59 Å². The summed E-state index contributed by atoms with van der Waals surface area (Å²) >= 11 is 0. The number of carbonyl (C=O) groups is 2. The quantitative estimate of drug-likeness (QED) is 0.715. The number of aromatic nitrogens is 2. The Labute approximate surface area is 143 Å². The summed E-state index contributed by atoms with van der Waals surface area (Å²) in [6.45, 7) is 6.06. The van der Waals surface area contributed by atoms with E-state index >= 15 is 0 Å². The van der Waals surface area contributed by atoms with E-state index in [2.05, 4.69) is 21.0 Å². The molecule has 0 spiro atoms. The zero-order chi connectivity index (χ0) is 15.9. The highest BCUT2D eigenvalue weighted by atomic mass is 35.5. The van der Waals surface area contributed by atoms with Crippen molar-refractivity contribution in [2.45, 2.75) is 45.2 Å². The van der Waals surface area contributed by atoms with Gasteiger partial charge in [0.2, 0.25) is 5.91 Å². The summed E-state index contributed by atoms with van der Waals surface area (Å²) in [6, 6.07) is 2.15. The van der Waals surface area contributed by atoms with Gasteiger partial charge in [-0.25, -0.2) is 0 Å². The van der Waals surface area contributed by atoms with E-state index in [0.717, 1.165) is 25.9 Å². The number of nitrogens with zero attached hydrogens (tertiary/aromatic N) is 2. The van der Waals surface area contributed by atoms with Crippen LogP contribution in [-0.2, 0) is 4.79 Å². The molecule has 130 valence electrons. The summed E-state index contributed by atoms with van der Waals surface area (Å²) < 4.78 is 1.85. The summed E-state index contributed by atoms with van der Waals surface area (Å²) in [6.07, 6.45) is 4.32. The van der Waals surface area contributed by atoms with Crippen LogP contribution in [0.15, 0.2) is 12.3 Å². The highest BCUT2D eigenvalue weighted by Crippen LogP contribution is 2.15. The first-order valence-electron chi connectivity index (χ1n) is 7.89. The summed E-state index contributed by atoms with van der Waals surface area (Å²) in [7, 11) is 0. The third-order valence-electron chi connectivity index (χ3n) is 3.57. The number of halogens is 1. The molecule has 1 saturated heterocycles. The first kappa shape index (κ1) is 19.4. The van der Waals surface area contributed by atoms with Gasteiger partial charge in [0.05, 0.1) is 6.04 Å². The zero-order valence-corrected chi connectivity index (χ0v) is 14.5. The third kappa shape index (κ3) is 6.19. The predicted molar refractivity (Wildman–Crippen MR) is 90.8 cm³/mol. The normalized spacial score (nSPS) is 17.4. The van der Waals surface area contributed by atoms with E-state index in [4.69, 9.17) is 0 Å². The molecule has 8 heteroatoms. The highest BCUT2D eigenvalue weighted by molar-refractivity contribution is 5.92. The minimum atomic E-state index is -0.236. The predicted octanol–water partition coefficient (Wildman–Crippen LogP) is 0.874. The first-order valence-corrected chi connectivity index (χ1v) is 7.89. The van der Waals surface area contributed by atoms with E-state index in [1.165, 1.54) is 0 Å². The van der Waals surface area contributed by atoms with Crippen LogP contribution in [0.4, 0.5) is 0 Å². The van der Waals surface area contributed by atoms with Gasteiger partial charge in [0.15, 0.2) is 0 Å². The maximum atomic E-state index is 12.0. The van der Waals surface area contributed by atoms with E-state index < -0.39 is 0 Å². The maximum Gasteiger partial charge on any atom is 0.271 e. The van der Waals surface area contributed by atoms with Crippen molar-refractivity contribution < 1.29 is 9.59 Å². The molecule has 0 radical (unpaired) electrons. The van der Waals surface area contributed by atoms with Crippen LogP contribution in [0.5, 0.6) is 0 Å². The average Bonchev–Trinajstić information content (AvgIpc) is 2.97. The number of hydrogen-bond acceptors (Lipinski definition) is 4. The van der Waals surface area contributed by atoms with Gasteiger partial charge in [-0.05, 0) is 39.3 Å². The van der Waals surface area contributed by atoms with Crippen LogP contribution in [-0.4, -0.2) is 47.3 Å². The first-order chi connectivity index (χ1) is 10.6. The molecule has 3 N–H and O–H groups in total. The van der Waals surface area contributed by atoms with Gasteiger partial charge in [-0.3, -0.25) is 14.3 Å². The van der Waals surface area contributed by atoms with Gasteiger partial charge in [0, 0.05) is 31.7 Å². The molecule has 0 saturated carbocycles. The Hall–Kier alpha value is -1.60. The second-order valence-corrected chi connectivity index (χ2v) is 5.91. The van der Waals surface area contributed by atoms with Crippen LogP contribution in [0.3, 0.4) is 0 Å². The Balaban J connectivity index is 0.00000264. The van der Waals surface area contributed by atoms with Gasteiger partial charge in [-0.15, -0.1) is 12.4 Å². The van der Waals surface area contributed by atoms with E-state index in [0.29, 0.717) is 18.3 Å². The second-order valence-electron chi connectivity index (χ2n) is 5.91. The molecule has 2 heterocycles. The molecular formula is C15H26ClN5O2. The molecule has 0 bridgehead atoms. The van der Waals surface area contributed by atoms with Gasteiger partial charge in [-0.1, -0.05) is 0 Å². The Morgan fingerprint density at radius 1 is 1.48 bits per heavy atom. The van der Waals surface area contributed by atoms with E-state index in [1.807, 2.05) is 24.7 Å². The molecule has 0 aliphatic carbocycles. The number of carbonyl (C=O) groups excluding carboxylic acids is 2. The van der Waals surface area contributed by atoms with Crippen molar-refractivity contribution in [1.82, 2.24) is 25.7 Å². The smallest absolute Gasteiger partial charge is 0.271 e. The Bertz CT molecular complexity index is 512. The van der Waals surface area contributed by atoms with Crippen molar-refractivity contribution in [3.05, 3.63) is 18.0 Å². The van der Waals surface area contributed by atoms with Gasteiger partial charge in [0.1, 0.15) is 5.69 Å². The molecular weight excluding hydrogens is 318 g/mol. The second kappa shape index (κ2) is 9.52. The maximum absolute atomic E-state index is 12.0. The van der Waals surface area contributed by atoms with Crippen molar-refractivity contribution in [3.63, 3.8) is 0 Å². The summed E-state index contributed by atoms with van der Waals surface area (Å²) in [5.74, 6) is -0.297. The van der Waals surface area contributed by atoms with E-state index in [-0.39, 0.29) is 36.7 Å². The number of amides is 2. The molecule has 1 atom stereocenters. The number of nitrogens with one attached hydrogen (secondary N) is 3. The molecule has 0 aromatic carbocycles. The Kier molecular flexibility index (Phi) is 8.05. The van der Waals surface area contributed by atoms with E-state index in [1.54, 1.807) is 6.07 Å². The van der Waals surface area contributed by atoms with Crippen LogP contribution in [0.25, 0.3) is 0 Å². The summed E-state index contributed by atoms with van der Waals surface area (Å²) in [4.78, 5) is 23.5. The third-order valence-corrected chi connectivity index (χ3v) is 3.57. The zero-order valence-electron chi connectivity index (χ0n) is 13.7. The fourth-order valence-electron chi connectivity index (χ4n) is 2.50. The number of rotatable bonds is 6. The minimum Gasteiger partial charge on any atom is -0.354 e. The van der Waals surface area contributed by atoms with Crippen molar-refractivity contribution >= 4 is 24.2 Å². The van der Waals surface area contributed by atoms with Crippen molar-refractivity contribution in [1.29, 1.82) is 0 Å². The topological polar surface area (TPSA) is 88.0 Å². The SMILES string of the molecule is CC(C)NC(=O)CCNC(=O)c1ccn(C2CCCNC2)n1.Cl. The van der Waals surface area contributed by atoms with Crippen LogP contribution >= 0.6 is 12.4 Å². The standard InChI is InChI=1S/C15H25N5O2.ClH/c1-11(2)18-14(21)5-8-17-15(22)13-6-9-20(19-13)12-4-3-7-16-10-12;/h6,9,11-12,16H,3-5,7-8,10H2,1-2H3,(H,17,22)(H,18,21);1H. The molecule has 23 heavy (non-hydrogen) atoms. The lowest BCUT2D eigenvalue weighted by Gasteiger charge is -2.22. The van der Waals surface area contributed by atoms with Gasteiger partial charge >= 0.3 is 0 Å². The summed E-state index contributed by atoms with van der Waals surface area (Å²) in [5.41, 5.74) is 0.398. The summed E-state index contributed by atoms with van der Waals surface area (Å²) in [5, 5.41) is 13.2. The molecule has 7 nitrogen and oxygen atoms in total. The van der Waals surface area contributed by atoms with Crippen LogP contribution in [0.1, 0.15) is 49.6 Å². The van der Waals surface area contributed by atoms with Gasteiger partial charge in [0.25, 0.3) is 5.91 Å². The molecule has 1 unspecified atom stereocenters. The highest BCUT2D eigenvalue weighted by Gasteiger charge is 2.17. The lowest BCUT2D eigenvalue weighted by atomic mass is 10.1. The Morgan fingerprint density at radius 3 is 2.91 bits per heavy atom. The van der Waals surface area contributed by atoms with Crippen molar-refractivity contribution in [2.75, 3.05) is 19.6 Å². The lowest BCUT2D eigenvalue weighted by molar-refractivity contribution is -0.121. The molecule has 1 aliphatic heterocycles. The van der Waals surface area contributed by atoms with Crippen molar-refractivity contribution in [2.24, 2.45) is 0 Å². The van der Waals surface area contributed by atoms with Crippen LogP contribution in [0.2, 0.25) is 0 Å². The number of hydrogen-bond donors (Lipinski definition) is 3. The lowest BCUT2D eigenvalue weighted by Crippen LogP contribution is -2.34. The molecule has 1 fully saturated rings. The largest absolute Gasteiger partial charge is 0.354 e. The molecule has 1 aliphatic rings. The van der Waals surface area contributed by atoms with Crippen molar-refractivity contribution in [3.8, 4) is 0 Å². The molecule has 2 rings (SSSR count). The van der Waals surface area contributed by atoms with Crippen LogP contribution < -0.4 is 16.0 Å². The monoisotopic (exact) mass is 343 g/mol. The molecule has 2 amide bonds. The van der Waals surface area contributed by atoms with Gasteiger partial charge in [-0.2, -0.15) is 5.10 Å².